The summed E-state index contributed by atoms with van der Waals surface area (Å²) in [5.41, 5.74) is 3.56. The average Bonchev–Trinajstić information content (AvgIpc) is 3.60. The normalized spacial score (nSPS) is 16.9. The zero-order valence-corrected chi connectivity index (χ0v) is 23.6. The summed E-state index contributed by atoms with van der Waals surface area (Å²) in [5, 5.41) is 12.5. The molecule has 9 nitrogen and oxygen atoms in total. The van der Waals surface area contributed by atoms with Crippen LogP contribution < -0.4 is 5.32 Å². The number of aromatic nitrogens is 5. The lowest BCUT2D eigenvalue weighted by Crippen LogP contribution is -2.29. The van der Waals surface area contributed by atoms with Crippen LogP contribution in [0.5, 0.6) is 0 Å². The third-order valence-corrected chi connectivity index (χ3v) is 8.87. The van der Waals surface area contributed by atoms with Gasteiger partial charge < -0.3 is 9.73 Å². The van der Waals surface area contributed by atoms with Crippen LogP contribution >= 0.6 is 11.3 Å². The van der Waals surface area contributed by atoms with Crippen LogP contribution in [0, 0.1) is 5.82 Å². The second-order valence-corrected chi connectivity index (χ2v) is 11.3. The van der Waals surface area contributed by atoms with Crippen molar-refractivity contribution in [2.45, 2.75) is 51.1 Å². The molecule has 3 aromatic heterocycles. The van der Waals surface area contributed by atoms with E-state index in [1.165, 1.54) is 12.5 Å². The highest BCUT2D eigenvalue weighted by Gasteiger charge is 2.31. The molecule has 1 aliphatic carbocycles. The van der Waals surface area contributed by atoms with Gasteiger partial charge in [0.1, 0.15) is 17.3 Å². The summed E-state index contributed by atoms with van der Waals surface area (Å²) < 4.78 is 20.9. The maximum absolute atomic E-state index is 14.9. The topological polar surface area (TPSA) is 119 Å². The van der Waals surface area contributed by atoms with Gasteiger partial charge in [0, 0.05) is 53.4 Å². The van der Waals surface area contributed by atoms with Gasteiger partial charge in [-0.15, -0.1) is 16.4 Å². The third-order valence-electron chi connectivity index (χ3n) is 7.61. The van der Waals surface area contributed by atoms with Gasteiger partial charge in [0.15, 0.2) is 11.9 Å². The molecule has 2 aromatic carbocycles. The maximum atomic E-state index is 14.9. The molecular weight excluding hydrogens is 553 g/mol. The number of carbonyl (C=O) groups excluding carboxylic acids is 1. The molecule has 42 heavy (non-hydrogen) atoms. The number of Topliss-reactive ketones (excluding diaryl/α,β-unsaturated/α-hetero) is 1. The molecule has 7 rings (SSSR count). The number of aliphatic imine (C=N–C) groups is 1. The second kappa shape index (κ2) is 11.0. The quantitative estimate of drug-likeness (QED) is 0.249. The van der Waals surface area contributed by atoms with Crippen molar-refractivity contribution in [3.8, 4) is 22.0 Å². The molecule has 1 unspecified atom stereocenters. The molecule has 5 aromatic rings. The van der Waals surface area contributed by atoms with E-state index >= 15 is 0 Å². The van der Waals surface area contributed by atoms with Gasteiger partial charge >= 0.3 is 6.01 Å². The molecule has 1 saturated carbocycles. The minimum Gasteiger partial charge on any atom is -0.402 e. The van der Waals surface area contributed by atoms with Crippen LogP contribution in [0.4, 0.5) is 10.4 Å². The highest BCUT2D eigenvalue weighted by atomic mass is 32.1. The van der Waals surface area contributed by atoms with Gasteiger partial charge in [-0.1, -0.05) is 60.9 Å². The van der Waals surface area contributed by atoms with E-state index in [9.17, 15) is 9.18 Å². The van der Waals surface area contributed by atoms with Crippen LogP contribution in [0.25, 0.3) is 22.0 Å². The van der Waals surface area contributed by atoms with Crippen LogP contribution in [0.3, 0.4) is 0 Å². The van der Waals surface area contributed by atoms with Crippen LogP contribution in [-0.4, -0.2) is 42.8 Å². The average molecular weight is 580 g/mol. The van der Waals surface area contributed by atoms with Crippen molar-refractivity contribution in [1.29, 1.82) is 0 Å². The number of rotatable bonds is 7. The first-order valence-electron chi connectivity index (χ1n) is 13.9. The lowest BCUT2D eigenvalue weighted by Gasteiger charge is -2.22. The minimum atomic E-state index is -1.06. The number of hydrogen-bond donors (Lipinski definition) is 1. The summed E-state index contributed by atoms with van der Waals surface area (Å²) in [6.45, 7) is 2.01. The van der Waals surface area contributed by atoms with Gasteiger partial charge in [-0.2, -0.15) is 0 Å². The minimum absolute atomic E-state index is 0.0210. The van der Waals surface area contributed by atoms with Gasteiger partial charge in [0.05, 0.1) is 15.6 Å². The fourth-order valence-corrected chi connectivity index (χ4v) is 6.30. The second-order valence-electron chi connectivity index (χ2n) is 10.3. The van der Waals surface area contributed by atoms with E-state index in [-0.39, 0.29) is 24.1 Å². The number of anilines is 1. The predicted molar refractivity (Wildman–Crippen MR) is 157 cm³/mol. The van der Waals surface area contributed by atoms with Gasteiger partial charge in [0.2, 0.25) is 0 Å². The largest absolute Gasteiger partial charge is 0.402 e. The Morgan fingerprint density at radius 1 is 1.02 bits per heavy atom. The summed E-state index contributed by atoms with van der Waals surface area (Å²) in [6, 6.07) is 14.2. The predicted octanol–water partition coefficient (Wildman–Crippen LogP) is 6.02. The number of carbonyl (C=O) groups is 1. The number of ketones is 1. The van der Waals surface area contributed by atoms with Crippen LogP contribution in [0.15, 0.2) is 70.3 Å². The first-order valence-corrected chi connectivity index (χ1v) is 14.7. The van der Waals surface area contributed by atoms with E-state index in [0.717, 1.165) is 46.1 Å². The molecule has 210 valence electrons. The van der Waals surface area contributed by atoms with Gasteiger partial charge in [-0.05, 0) is 18.9 Å². The first-order chi connectivity index (χ1) is 20.6. The Bertz CT molecular complexity index is 1800. The van der Waals surface area contributed by atoms with Crippen molar-refractivity contribution >= 4 is 28.8 Å². The number of benzene rings is 2. The number of hydrogen-bond acceptors (Lipinski definition) is 10. The first kappa shape index (κ1) is 26.3. The lowest BCUT2D eigenvalue weighted by molar-refractivity contribution is -0.119. The van der Waals surface area contributed by atoms with E-state index in [1.807, 2.05) is 37.3 Å². The Hall–Kier alpha value is -4.64. The highest BCUT2D eigenvalue weighted by molar-refractivity contribution is 7.15. The molecular formula is C31H26FN7O2S. The fourth-order valence-electron chi connectivity index (χ4n) is 5.10. The van der Waals surface area contributed by atoms with Gasteiger partial charge in [-0.3, -0.25) is 9.79 Å². The van der Waals surface area contributed by atoms with Crippen molar-refractivity contribution < 1.29 is 13.6 Å². The molecule has 0 bridgehead atoms. The Kier molecular flexibility index (Phi) is 6.87. The van der Waals surface area contributed by atoms with Crippen LogP contribution in [-0.2, 0) is 17.6 Å². The van der Waals surface area contributed by atoms with Crippen LogP contribution in [0.1, 0.15) is 59.6 Å². The fraction of sp³-hybridized carbons (Fsp3) is 0.258. The molecule has 1 atom stereocenters. The Morgan fingerprint density at radius 3 is 2.57 bits per heavy atom. The number of halogens is 1. The summed E-state index contributed by atoms with van der Waals surface area (Å²) in [6.07, 6.45) is 6.53. The molecule has 1 fully saturated rings. The lowest BCUT2D eigenvalue weighted by atomic mass is 9.86. The molecule has 11 heteroatoms. The van der Waals surface area contributed by atoms with E-state index in [4.69, 9.17) is 14.4 Å². The maximum Gasteiger partial charge on any atom is 0.317 e. The molecule has 0 spiro atoms. The van der Waals surface area contributed by atoms with Crippen molar-refractivity contribution in [3.63, 3.8) is 0 Å². The molecule has 1 aliphatic heterocycles. The number of nitrogens with one attached hydrogen (secondary N) is 1. The SMILES string of the molecule is CCc1ncc(-c2sc(C3CCC3)nc2-c2nnc(NC3N=C(c4ccccc4)c4cccc(F)c4CC3=O)o2)cn1. The van der Waals surface area contributed by atoms with E-state index in [2.05, 4.69) is 25.5 Å². The van der Waals surface area contributed by atoms with Crippen LogP contribution in [0.2, 0.25) is 0 Å². The Morgan fingerprint density at radius 2 is 1.83 bits per heavy atom. The zero-order chi connectivity index (χ0) is 28.6. The van der Waals surface area contributed by atoms with Gasteiger partial charge in [-0.25, -0.2) is 19.3 Å². The van der Waals surface area contributed by atoms with E-state index < -0.39 is 12.0 Å². The van der Waals surface area contributed by atoms with E-state index in [1.54, 1.807) is 35.9 Å². The Balaban J connectivity index is 1.23. The number of nitrogens with zero attached hydrogens (tertiary/aromatic N) is 6. The van der Waals surface area contributed by atoms with Crippen molar-refractivity contribution in [2.75, 3.05) is 5.32 Å². The smallest absolute Gasteiger partial charge is 0.317 e. The van der Waals surface area contributed by atoms with Crippen molar-refractivity contribution in [3.05, 3.63) is 94.3 Å². The van der Waals surface area contributed by atoms with Gasteiger partial charge in [0.25, 0.3) is 5.89 Å². The zero-order valence-electron chi connectivity index (χ0n) is 22.7. The number of fused-ring (bicyclic) bond motifs is 1. The summed E-state index contributed by atoms with van der Waals surface area (Å²) in [4.78, 5) is 32.8. The summed E-state index contributed by atoms with van der Waals surface area (Å²) in [7, 11) is 0. The molecule has 1 N–H and O–H groups in total. The highest BCUT2D eigenvalue weighted by Crippen LogP contribution is 2.44. The number of aryl methyl sites for hydroxylation is 1. The molecule has 0 radical (unpaired) electrons. The van der Waals surface area contributed by atoms with E-state index in [0.29, 0.717) is 28.5 Å². The molecule has 0 saturated heterocycles. The van der Waals surface area contributed by atoms with Crippen molar-refractivity contribution in [2.24, 2.45) is 4.99 Å². The van der Waals surface area contributed by atoms with Crippen molar-refractivity contribution in [1.82, 2.24) is 25.1 Å². The third kappa shape index (κ3) is 4.89. The monoisotopic (exact) mass is 579 g/mol. The Labute approximate surface area is 245 Å². The molecule has 2 aliphatic rings. The molecule has 0 amide bonds. The standard InChI is InChI=1S/C31H26FN7O2S/c1-2-24-33-15-19(16-34-24)27-26(36-30(42-27)18-10-6-11-18)29-38-39-31(41-29)37-28-23(40)14-21-20(12-7-13-22(21)32)25(35-28)17-8-4-3-5-9-17/h3-5,7-9,12-13,15-16,18,28H,2,6,10-11,14H2,1H3,(H,37,39). The molecule has 4 heterocycles. The summed E-state index contributed by atoms with van der Waals surface area (Å²) in [5.74, 6) is 0.631. The summed E-state index contributed by atoms with van der Waals surface area (Å²) >= 11 is 1.59. The number of thiazole rings is 1.